The van der Waals surface area contributed by atoms with E-state index in [4.69, 9.17) is 4.74 Å². The lowest BCUT2D eigenvalue weighted by Gasteiger charge is -2.23. The number of aliphatic hydroxyl groups is 1. The maximum Gasteiger partial charge on any atom is 0.254 e. The Labute approximate surface area is 132 Å². The van der Waals surface area contributed by atoms with E-state index >= 15 is 0 Å². The maximum atomic E-state index is 13.4. The predicted octanol–water partition coefficient (Wildman–Crippen LogP) is 0.703. The van der Waals surface area contributed by atoms with E-state index in [-0.39, 0.29) is 24.7 Å². The van der Waals surface area contributed by atoms with Crippen molar-refractivity contribution >= 4 is 5.91 Å². The van der Waals surface area contributed by atoms with Crippen molar-refractivity contribution in [2.75, 3.05) is 20.2 Å². The van der Waals surface area contributed by atoms with Gasteiger partial charge in [0.1, 0.15) is 5.60 Å². The van der Waals surface area contributed by atoms with Crippen molar-refractivity contribution in [3.05, 3.63) is 42.0 Å². The van der Waals surface area contributed by atoms with Gasteiger partial charge in [-0.3, -0.25) is 4.79 Å². The fraction of sp³-hybridized carbons (Fsp3) is 0.400. The molecule has 7 nitrogen and oxygen atoms in total. The minimum atomic E-state index is -1.05. The van der Waals surface area contributed by atoms with Crippen molar-refractivity contribution < 1.29 is 19.0 Å². The first kappa shape index (κ1) is 15.4. The molecule has 1 unspecified atom stereocenters. The lowest BCUT2D eigenvalue weighted by atomic mass is 10.0. The molecular formula is C15H17FN4O3. The van der Waals surface area contributed by atoms with Gasteiger partial charge in [0, 0.05) is 18.3 Å². The topological polar surface area (TPSA) is 80.5 Å². The second-order valence-corrected chi connectivity index (χ2v) is 5.65. The number of hydrogen-bond donors (Lipinski definition) is 1. The number of carbonyl (C=O) groups is 1. The normalized spacial score (nSPS) is 20.7. The van der Waals surface area contributed by atoms with Crippen LogP contribution in [-0.2, 0) is 6.54 Å². The van der Waals surface area contributed by atoms with Crippen LogP contribution in [0.25, 0.3) is 0 Å². The number of methoxy groups -OCH3 is 1. The van der Waals surface area contributed by atoms with E-state index in [1.54, 1.807) is 11.1 Å². The molecule has 0 aliphatic carbocycles. The number of amides is 1. The Hall–Kier alpha value is -2.48. The maximum absolute atomic E-state index is 13.4. The third kappa shape index (κ3) is 3.16. The molecule has 1 aliphatic heterocycles. The second-order valence-electron chi connectivity index (χ2n) is 5.65. The molecule has 2 heterocycles. The van der Waals surface area contributed by atoms with Gasteiger partial charge in [0.15, 0.2) is 11.6 Å². The summed E-state index contributed by atoms with van der Waals surface area (Å²) in [6.45, 7) is 0.874. The summed E-state index contributed by atoms with van der Waals surface area (Å²) in [5.41, 5.74) is -0.721. The Bertz CT molecular complexity index is 707. The van der Waals surface area contributed by atoms with E-state index in [2.05, 4.69) is 10.3 Å². The molecule has 1 N–H and O–H groups in total. The number of rotatable bonds is 4. The van der Waals surface area contributed by atoms with Crippen molar-refractivity contribution in [3.63, 3.8) is 0 Å². The summed E-state index contributed by atoms with van der Waals surface area (Å²) < 4.78 is 19.9. The van der Waals surface area contributed by atoms with Crippen molar-refractivity contribution in [1.29, 1.82) is 0 Å². The van der Waals surface area contributed by atoms with Gasteiger partial charge in [-0.15, -0.1) is 5.10 Å². The van der Waals surface area contributed by atoms with Gasteiger partial charge in [-0.1, -0.05) is 5.21 Å². The minimum Gasteiger partial charge on any atom is -0.494 e. The largest absolute Gasteiger partial charge is 0.494 e. The fourth-order valence-corrected chi connectivity index (χ4v) is 2.75. The van der Waals surface area contributed by atoms with Gasteiger partial charge in [0.05, 0.1) is 26.4 Å². The number of β-amino-alcohol motifs (C(OH)–C–C–N with tert-alkyl or cyclic N) is 1. The van der Waals surface area contributed by atoms with E-state index in [9.17, 15) is 14.3 Å². The van der Waals surface area contributed by atoms with E-state index in [1.165, 1.54) is 36.2 Å². The lowest BCUT2D eigenvalue weighted by Crippen LogP contribution is -2.39. The average molecular weight is 320 g/mol. The lowest BCUT2D eigenvalue weighted by molar-refractivity contribution is 0.0267. The SMILES string of the molecule is COc1cc(C(=O)N2CCC(O)(Cn3ccnn3)C2)ccc1F. The van der Waals surface area contributed by atoms with Crippen molar-refractivity contribution in [3.8, 4) is 5.75 Å². The summed E-state index contributed by atoms with van der Waals surface area (Å²) in [4.78, 5) is 14.1. The molecule has 122 valence electrons. The number of benzene rings is 1. The highest BCUT2D eigenvalue weighted by Crippen LogP contribution is 2.26. The van der Waals surface area contributed by atoms with E-state index < -0.39 is 11.4 Å². The molecule has 3 rings (SSSR count). The smallest absolute Gasteiger partial charge is 0.254 e. The molecule has 0 bridgehead atoms. The molecular weight excluding hydrogens is 303 g/mol. The third-order valence-corrected chi connectivity index (χ3v) is 3.95. The standard InChI is InChI=1S/C15H17FN4O3/c1-23-13-8-11(2-3-12(13)16)14(21)19-6-4-15(22,9-19)10-20-7-5-17-18-20/h2-3,5,7-8,22H,4,6,9-10H2,1H3. The zero-order valence-corrected chi connectivity index (χ0v) is 12.6. The zero-order chi connectivity index (χ0) is 16.4. The number of aromatic nitrogens is 3. The molecule has 1 aromatic carbocycles. The van der Waals surface area contributed by atoms with Crippen LogP contribution in [0.2, 0.25) is 0 Å². The molecule has 0 spiro atoms. The fourth-order valence-electron chi connectivity index (χ4n) is 2.75. The Morgan fingerprint density at radius 1 is 1.52 bits per heavy atom. The summed E-state index contributed by atoms with van der Waals surface area (Å²) in [7, 11) is 1.35. The molecule has 23 heavy (non-hydrogen) atoms. The predicted molar refractivity (Wildman–Crippen MR) is 78.4 cm³/mol. The molecule has 1 saturated heterocycles. The second kappa shape index (κ2) is 5.96. The minimum absolute atomic E-state index is 0.0212. The number of halogens is 1. The first-order valence-electron chi connectivity index (χ1n) is 7.20. The Balaban J connectivity index is 1.72. The van der Waals surface area contributed by atoms with Gasteiger partial charge < -0.3 is 14.7 Å². The van der Waals surface area contributed by atoms with Crippen LogP contribution in [0.5, 0.6) is 5.75 Å². The molecule has 2 aromatic rings. The molecule has 1 aliphatic rings. The quantitative estimate of drug-likeness (QED) is 0.897. The van der Waals surface area contributed by atoms with Crippen LogP contribution in [0, 0.1) is 5.82 Å². The molecule has 1 fully saturated rings. The summed E-state index contributed by atoms with van der Waals surface area (Å²) in [6, 6.07) is 3.98. The van der Waals surface area contributed by atoms with Gasteiger partial charge in [-0.05, 0) is 24.6 Å². The number of nitrogens with zero attached hydrogens (tertiary/aromatic N) is 4. The van der Waals surface area contributed by atoms with Crippen molar-refractivity contribution in [1.82, 2.24) is 19.9 Å². The highest BCUT2D eigenvalue weighted by Gasteiger charge is 2.39. The van der Waals surface area contributed by atoms with Gasteiger partial charge >= 0.3 is 0 Å². The first-order chi connectivity index (χ1) is 11.0. The van der Waals surface area contributed by atoms with Crippen LogP contribution >= 0.6 is 0 Å². The Morgan fingerprint density at radius 3 is 3.04 bits per heavy atom. The summed E-state index contributed by atoms with van der Waals surface area (Å²) in [6.07, 6.45) is 3.64. The number of carbonyl (C=O) groups excluding carboxylic acids is 1. The summed E-state index contributed by atoms with van der Waals surface area (Å²) >= 11 is 0. The van der Waals surface area contributed by atoms with E-state index in [1.807, 2.05) is 0 Å². The zero-order valence-electron chi connectivity index (χ0n) is 12.6. The Morgan fingerprint density at radius 2 is 2.35 bits per heavy atom. The van der Waals surface area contributed by atoms with Crippen molar-refractivity contribution in [2.45, 2.75) is 18.6 Å². The first-order valence-corrected chi connectivity index (χ1v) is 7.20. The van der Waals surface area contributed by atoms with Crippen LogP contribution in [0.3, 0.4) is 0 Å². The Kier molecular flexibility index (Phi) is 3.99. The molecule has 1 amide bonds. The van der Waals surface area contributed by atoms with Crippen LogP contribution in [0.4, 0.5) is 4.39 Å². The molecule has 0 saturated carbocycles. The third-order valence-electron chi connectivity index (χ3n) is 3.95. The molecule has 8 heteroatoms. The average Bonchev–Trinajstić information content (AvgIpc) is 3.17. The van der Waals surface area contributed by atoms with Gasteiger partial charge in [-0.2, -0.15) is 0 Å². The highest BCUT2D eigenvalue weighted by molar-refractivity contribution is 5.94. The van der Waals surface area contributed by atoms with Crippen molar-refractivity contribution in [2.24, 2.45) is 0 Å². The summed E-state index contributed by atoms with van der Waals surface area (Å²) in [5, 5.41) is 18.1. The molecule has 0 radical (unpaired) electrons. The van der Waals surface area contributed by atoms with Crippen LogP contribution in [-0.4, -0.2) is 56.7 Å². The van der Waals surface area contributed by atoms with E-state index in [0.717, 1.165) is 0 Å². The van der Waals surface area contributed by atoms with Gasteiger partial charge in [0.25, 0.3) is 5.91 Å². The van der Waals surface area contributed by atoms with Gasteiger partial charge in [-0.25, -0.2) is 9.07 Å². The van der Waals surface area contributed by atoms with Crippen LogP contribution < -0.4 is 4.74 Å². The number of ether oxygens (including phenoxy) is 1. The summed E-state index contributed by atoms with van der Waals surface area (Å²) in [5.74, 6) is -0.765. The number of hydrogen-bond acceptors (Lipinski definition) is 5. The highest BCUT2D eigenvalue weighted by atomic mass is 19.1. The molecule has 1 aromatic heterocycles. The molecule has 1 atom stereocenters. The van der Waals surface area contributed by atoms with Gasteiger partial charge in [0.2, 0.25) is 0 Å². The number of likely N-dealkylation sites (tertiary alicyclic amines) is 1. The van der Waals surface area contributed by atoms with Crippen LogP contribution in [0.1, 0.15) is 16.8 Å². The monoisotopic (exact) mass is 320 g/mol. The van der Waals surface area contributed by atoms with Crippen LogP contribution in [0.15, 0.2) is 30.6 Å². The van der Waals surface area contributed by atoms with E-state index in [0.29, 0.717) is 18.5 Å².